The molecule has 0 aromatic rings. The maximum Gasteiger partial charge on any atom is 0.309 e. The van der Waals surface area contributed by atoms with E-state index in [4.69, 9.17) is 5.11 Å². The smallest absolute Gasteiger partial charge is 0.309 e. The summed E-state index contributed by atoms with van der Waals surface area (Å²) in [5.41, 5.74) is 0.634. The third-order valence-electron chi connectivity index (χ3n) is 2.97. The van der Waals surface area contributed by atoms with Gasteiger partial charge >= 0.3 is 5.97 Å². The quantitative estimate of drug-likeness (QED) is 0.701. The van der Waals surface area contributed by atoms with Gasteiger partial charge in [0.05, 0.1) is 5.41 Å². The molecule has 0 amide bonds. The fraction of sp³-hybridized carbons (Fsp3) is 0.727. The van der Waals surface area contributed by atoms with Gasteiger partial charge in [-0.2, -0.15) is 0 Å². The highest BCUT2D eigenvalue weighted by Gasteiger charge is 2.36. The second kappa shape index (κ2) is 4.13. The minimum absolute atomic E-state index is 0.508. The van der Waals surface area contributed by atoms with Gasteiger partial charge in [0.2, 0.25) is 0 Å². The number of nitrogens with zero attached hydrogens (tertiary/aromatic N) is 1. The van der Waals surface area contributed by atoms with E-state index in [1.807, 2.05) is 13.8 Å². The van der Waals surface area contributed by atoms with Gasteiger partial charge in [-0.3, -0.25) is 9.69 Å². The van der Waals surface area contributed by atoms with Crippen LogP contribution in [0.25, 0.3) is 0 Å². The fourth-order valence-corrected chi connectivity index (χ4v) is 1.80. The molecule has 1 aliphatic heterocycles. The van der Waals surface area contributed by atoms with Crippen LogP contribution in [-0.4, -0.2) is 35.6 Å². The molecule has 0 unspecified atom stereocenters. The van der Waals surface area contributed by atoms with Gasteiger partial charge in [0.25, 0.3) is 0 Å². The van der Waals surface area contributed by atoms with Crippen molar-refractivity contribution in [1.29, 1.82) is 0 Å². The highest BCUT2D eigenvalue weighted by atomic mass is 16.4. The van der Waals surface area contributed by atoms with Crippen LogP contribution in [0, 0.1) is 5.41 Å². The zero-order valence-corrected chi connectivity index (χ0v) is 9.05. The monoisotopic (exact) mass is 197 g/mol. The molecule has 0 spiro atoms. The van der Waals surface area contributed by atoms with Gasteiger partial charge in [-0.25, -0.2) is 0 Å². The minimum Gasteiger partial charge on any atom is -0.481 e. The van der Waals surface area contributed by atoms with Gasteiger partial charge in [0.1, 0.15) is 0 Å². The third kappa shape index (κ3) is 2.58. The second-order valence-corrected chi connectivity index (χ2v) is 4.60. The predicted octanol–water partition coefficient (Wildman–Crippen LogP) is 1.75. The summed E-state index contributed by atoms with van der Waals surface area (Å²) in [5.74, 6) is -0.660. The molecule has 0 bridgehead atoms. The van der Waals surface area contributed by atoms with Gasteiger partial charge in [0.15, 0.2) is 0 Å². The van der Waals surface area contributed by atoms with Crippen LogP contribution in [0.1, 0.15) is 26.7 Å². The summed E-state index contributed by atoms with van der Waals surface area (Å²) < 4.78 is 0. The van der Waals surface area contributed by atoms with Crippen molar-refractivity contribution in [3.8, 4) is 0 Å². The highest BCUT2D eigenvalue weighted by Crippen LogP contribution is 2.31. The number of carboxylic acid groups (broad SMARTS) is 1. The molecule has 0 radical (unpaired) electrons. The summed E-state index contributed by atoms with van der Waals surface area (Å²) in [6.45, 7) is 10.3. The van der Waals surface area contributed by atoms with E-state index in [2.05, 4.69) is 11.5 Å². The molecule has 14 heavy (non-hydrogen) atoms. The van der Waals surface area contributed by atoms with Gasteiger partial charge in [-0.15, -0.1) is 0 Å². The molecule has 0 aromatic heterocycles. The van der Waals surface area contributed by atoms with Crippen LogP contribution in [0.2, 0.25) is 0 Å². The molecule has 1 aliphatic rings. The number of rotatable bonds is 3. The van der Waals surface area contributed by atoms with E-state index >= 15 is 0 Å². The summed E-state index contributed by atoms with van der Waals surface area (Å²) in [7, 11) is 0. The number of likely N-dealkylation sites (tertiary alicyclic amines) is 1. The summed E-state index contributed by atoms with van der Waals surface area (Å²) >= 11 is 0. The number of hydrogen-bond donors (Lipinski definition) is 1. The maximum absolute atomic E-state index is 11.0. The van der Waals surface area contributed by atoms with Gasteiger partial charge in [-0.1, -0.05) is 12.2 Å². The van der Waals surface area contributed by atoms with Gasteiger partial charge < -0.3 is 5.11 Å². The van der Waals surface area contributed by atoms with E-state index in [-0.39, 0.29) is 0 Å². The Bertz CT molecular complexity index is 240. The first-order valence-corrected chi connectivity index (χ1v) is 5.04. The van der Waals surface area contributed by atoms with Crippen LogP contribution in [0.3, 0.4) is 0 Å². The van der Waals surface area contributed by atoms with E-state index in [9.17, 15) is 4.79 Å². The topological polar surface area (TPSA) is 40.5 Å². The molecular formula is C11H19NO2. The number of piperidine rings is 1. The number of carboxylic acids is 1. The van der Waals surface area contributed by atoms with Crippen LogP contribution in [-0.2, 0) is 4.79 Å². The molecule has 1 saturated heterocycles. The lowest BCUT2D eigenvalue weighted by molar-refractivity contribution is -0.150. The maximum atomic E-state index is 11.0. The third-order valence-corrected chi connectivity index (χ3v) is 2.97. The van der Waals surface area contributed by atoms with E-state index < -0.39 is 11.4 Å². The van der Waals surface area contributed by atoms with Gasteiger partial charge in [-0.05, 0) is 39.8 Å². The lowest BCUT2D eigenvalue weighted by Crippen LogP contribution is -2.43. The number of hydrogen-bond acceptors (Lipinski definition) is 2. The Morgan fingerprint density at radius 2 is 2.00 bits per heavy atom. The van der Waals surface area contributed by atoms with Crippen molar-refractivity contribution in [2.75, 3.05) is 19.6 Å². The Kier molecular flexibility index (Phi) is 3.32. The molecule has 1 rings (SSSR count). The molecule has 0 aliphatic carbocycles. The molecule has 1 N–H and O–H groups in total. The molecule has 3 heteroatoms. The molecule has 0 atom stereocenters. The number of carbonyl (C=O) groups is 1. The van der Waals surface area contributed by atoms with Crippen molar-refractivity contribution >= 4 is 5.97 Å². The molecule has 80 valence electrons. The predicted molar refractivity (Wildman–Crippen MR) is 56.2 cm³/mol. The molecule has 1 fully saturated rings. The Morgan fingerprint density at radius 3 is 2.36 bits per heavy atom. The van der Waals surface area contributed by atoms with E-state index in [0.29, 0.717) is 0 Å². The Labute approximate surface area is 85.4 Å². The SMILES string of the molecule is C=C(C)CN1CCC(C)(C(=O)O)CC1. The summed E-state index contributed by atoms with van der Waals surface area (Å²) in [6, 6.07) is 0. The largest absolute Gasteiger partial charge is 0.481 e. The van der Waals surface area contributed by atoms with E-state index in [1.165, 1.54) is 0 Å². The normalized spacial score (nSPS) is 21.9. The van der Waals surface area contributed by atoms with Crippen molar-refractivity contribution in [3.63, 3.8) is 0 Å². The van der Waals surface area contributed by atoms with Gasteiger partial charge in [0, 0.05) is 6.54 Å². The standard InChI is InChI=1S/C11H19NO2/c1-9(2)8-12-6-4-11(3,5-7-12)10(13)14/h1,4-8H2,2-3H3,(H,13,14). The Morgan fingerprint density at radius 1 is 1.50 bits per heavy atom. The van der Waals surface area contributed by atoms with Crippen LogP contribution in [0.4, 0.5) is 0 Å². The first kappa shape index (κ1) is 11.2. The lowest BCUT2D eigenvalue weighted by atomic mass is 9.80. The van der Waals surface area contributed by atoms with Crippen molar-refractivity contribution < 1.29 is 9.90 Å². The van der Waals surface area contributed by atoms with Crippen LogP contribution in [0.15, 0.2) is 12.2 Å². The van der Waals surface area contributed by atoms with E-state index in [1.54, 1.807) is 0 Å². The molecule has 0 saturated carbocycles. The molecular weight excluding hydrogens is 178 g/mol. The van der Waals surface area contributed by atoms with Crippen molar-refractivity contribution in [2.45, 2.75) is 26.7 Å². The van der Waals surface area contributed by atoms with Crippen LogP contribution < -0.4 is 0 Å². The van der Waals surface area contributed by atoms with E-state index in [0.717, 1.165) is 38.0 Å². The molecule has 1 heterocycles. The zero-order chi connectivity index (χ0) is 10.8. The molecule has 3 nitrogen and oxygen atoms in total. The molecule has 0 aromatic carbocycles. The summed E-state index contributed by atoms with van der Waals surface area (Å²) in [5, 5.41) is 9.03. The average Bonchev–Trinajstić information content (AvgIpc) is 2.08. The highest BCUT2D eigenvalue weighted by molar-refractivity contribution is 5.74. The average molecular weight is 197 g/mol. The lowest BCUT2D eigenvalue weighted by Gasteiger charge is -2.36. The Hall–Kier alpha value is -0.830. The van der Waals surface area contributed by atoms with Crippen molar-refractivity contribution in [2.24, 2.45) is 5.41 Å². The summed E-state index contributed by atoms with van der Waals surface area (Å²) in [4.78, 5) is 13.2. The summed E-state index contributed by atoms with van der Waals surface area (Å²) in [6.07, 6.45) is 1.49. The minimum atomic E-state index is -0.660. The first-order chi connectivity index (χ1) is 6.44. The Balaban J connectivity index is 2.45. The van der Waals surface area contributed by atoms with Crippen LogP contribution >= 0.6 is 0 Å². The van der Waals surface area contributed by atoms with Crippen molar-refractivity contribution in [3.05, 3.63) is 12.2 Å². The van der Waals surface area contributed by atoms with Crippen LogP contribution in [0.5, 0.6) is 0 Å². The zero-order valence-electron chi connectivity index (χ0n) is 9.05. The first-order valence-electron chi connectivity index (χ1n) is 5.04. The fourth-order valence-electron chi connectivity index (χ4n) is 1.80. The second-order valence-electron chi connectivity index (χ2n) is 4.60. The number of aliphatic carboxylic acids is 1. The van der Waals surface area contributed by atoms with Crippen molar-refractivity contribution in [1.82, 2.24) is 4.90 Å².